The van der Waals surface area contributed by atoms with Gasteiger partial charge in [-0.25, -0.2) is 0 Å². The molecule has 5 nitrogen and oxygen atoms in total. The van der Waals surface area contributed by atoms with Crippen LogP contribution in [-0.4, -0.2) is 33.9 Å². The maximum absolute atomic E-state index is 11.8. The lowest BCUT2D eigenvalue weighted by molar-refractivity contribution is -0.144. The topological polar surface area (TPSA) is 54.0 Å². The van der Waals surface area contributed by atoms with E-state index < -0.39 is 5.92 Å². The Morgan fingerprint density at radius 3 is 2.00 bits per heavy atom. The van der Waals surface area contributed by atoms with Gasteiger partial charge >= 0.3 is 5.97 Å². The lowest BCUT2D eigenvalue weighted by atomic mass is 10.0. The van der Waals surface area contributed by atoms with Crippen LogP contribution in [0.3, 0.4) is 0 Å². The van der Waals surface area contributed by atoms with Crippen LogP contribution in [0.5, 0.6) is 17.2 Å². The Balaban J connectivity index is 3.18. The summed E-state index contributed by atoms with van der Waals surface area (Å²) in [6.07, 6.45) is 0. The van der Waals surface area contributed by atoms with Gasteiger partial charge in [0.25, 0.3) is 0 Å². The van der Waals surface area contributed by atoms with Gasteiger partial charge < -0.3 is 18.9 Å². The fourth-order valence-electron chi connectivity index (χ4n) is 1.75. The van der Waals surface area contributed by atoms with E-state index in [2.05, 4.69) is 0 Å². The number of carbonyl (C=O) groups excluding carboxylic acids is 1. The van der Waals surface area contributed by atoms with Crippen molar-refractivity contribution in [3.8, 4) is 17.2 Å². The maximum Gasteiger partial charge on any atom is 0.313 e. The van der Waals surface area contributed by atoms with Crippen LogP contribution in [0.4, 0.5) is 0 Å². The highest BCUT2D eigenvalue weighted by atomic mass is 16.5. The van der Waals surface area contributed by atoms with Gasteiger partial charge in [-0.05, 0) is 31.5 Å². The van der Waals surface area contributed by atoms with Gasteiger partial charge in [-0.3, -0.25) is 4.79 Å². The number of rotatable bonds is 6. The van der Waals surface area contributed by atoms with Gasteiger partial charge in [-0.1, -0.05) is 0 Å². The first-order valence-electron chi connectivity index (χ1n) is 6.05. The predicted octanol–water partition coefficient (Wildman–Crippen LogP) is 2.38. The summed E-state index contributed by atoms with van der Waals surface area (Å²) in [5.41, 5.74) is 0.757. The van der Waals surface area contributed by atoms with Crippen molar-refractivity contribution in [2.24, 2.45) is 0 Å². The predicted molar refractivity (Wildman–Crippen MR) is 71.1 cm³/mol. The molecule has 0 amide bonds. The number of hydrogen-bond acceptors (Lipinski definition) is 5. The van der Waals surface area contributed by atoms with Crippen molar-refractivity contribution in [1.82, 2.24) is 0 Å². The van der Waals surface area contributed by atoms with Gasteiger partial charge in [0, 0.05) is 0 Å². The number of hydrogen-bond donors (Lipinski definition) is 0. The van der Waals surface area contributed by atoms with E-state index in [1.165, 1.54) is 21.3 Å². The van der Waals surface area contributed by atoms with Gasteiger partial charge in [-0.2, -0.15) is 0 Å². The van der Waals surface area contributed by atoms with Gasteiger partial charge in [-0.15, -0.1) is 0 Å². The average molecular weight is 268 g/mol. The smallest absolute Gasteiger partial charge is 0.313 e. The molecule has 0 fully saturated rings. The van der Waals surface area contributed by atoms with E-state index in [4.69, 9.17) is 18.9 Å². The molecule has 1 unspecified atom stereocenters. The number of methoxy groups -OCH3 is 3. The van der Waals surface area contributed by atoms with Crippen molar-refractivity contribution in [1.29, 1.82) is 0 Å². The van der Waals surface area contributed by atoms with E-state index in [9.17, 15) is 4.79 Å². The summed E-state index contributed by atoms with van der Waals surface area (Å²) in [6.45, 7) is 3.91. The van der Waals surface area contributed by atoms with Crippen LogP contribution in [-0.2, 0) is 9.53 Å². The number of benzene rings is 1. The summed E-state index contributed by atoms with van der Waals surface area (Å²) in [5, 5.41) is 0. The molecule has 0 aliphatic rings. The molecule has 1 aromatic carbocycles. The van der Waals surface area contributed by atoms with Crippen LogP contribution in [0.1, 0.15) is 25.3 Å². The highest BCUT2D eigenvalue weighted by Crippen LogP contribution is 2.40. The third-order valence-electron chi connectivity index (χ3n) is 2.83. The second-order valence-corrected chi connectivity index (χ2v) is 3.93. The molecule has 0 aliphatic carbocycles. The SMILES string of the molecule is CCOC(=O)C(C)c1cc(OC)c(OC)c(OC)c1. The van der Waals surface area contributed by atoms with Gasteiger partial charge in [0.05, 0.1) is 33.9 Å². The molecule has 0 saturated carbocycles. The third-order valence-corrected chi connectivity index (χ3v) is 2.83. The second-order valence-electron chi connectivity index (χ2n) is 3.93. The Morgan fingerprint density at radius 1 is 1.11 bits per heavy atom. The van der Waals surface area contributed by atoms with Crippen molar-refractivity contribution in [2.75, 3.05) is 27.9 Å². The van der Waals surface area contributed by atoms with E-state index in [0.717, 1.165) is 5.56 Å². The number of ether oxygens (including phenoxy) is 4. The largest absolute Gasteiger partial charge is 0.493 e. The van der Waals surface area contributed by atoms with Crippen LogP contribution >= 0.6 is 0 Å². The molecule has 0 aliphatic heterocycles. The summed E-state index contributed by atoms with van der Waals surface area (Å²) in [4.78, 5) is 11.8. The van der Waals surface area contributed by atoms with Crippen LogP contribution in [0.15, 0.2) is 12.1 Å². The first-order chi connectivity index (χ1) is 9.08. The van der Waals surface area contributed by atoms with Crippen molar-refractivity contribution in [3.63, 3.8) is 0 Å². The summed E-state index contributed by atoms with van der Waals surface area (Å²) in [7, 11) is 4.61. The highest BCUT2D eigenvalue weighted by molar-refractivity contribution is 5.78. The molecule has 0 bridgehead atoms. The molecule has 0 heterocycles. The number of esters is 1. The maximum atomic E-state index is 11.8. The Labute approximate surface area is 113 Å². The first-order valence-corrected chi connectivity index (χ1v) is 6.05. The fourth-order valence-corrected chi connectivity index (χ4v) is 1.75. The first kappa shape index (κ1) is 15.1. The average Bonchev–Trinajstić information content (AvgIpc) is 2.44. The van der Waals surface area contributed by atoms with Crippen molar-refractivity contribution >= 4 is 5.97 Å². The summed E-state index contributed by atoms with van der Waals surface area (Å²) in [5.74, 6) is 0.872. The van der Waals surface area contributed by atoms with Crippen molar-refractivity contribution in [3.05, 3.63) is 17.7 Å². The normalized spacial score (nSPS) is 11.6. The van der Waals surface area contributed by atoms with E-state index in [-0.39, 0.29) is 5.97 Å². The lowest BCUT2D eigenvalue weighted by Gasteiger charge is -2.16. The third kappa shape index (κ3) is 3.30. The van der Waals surface area contributed by atoms with Crippen LogP contribution < -0.4 is 14.2 Å². The molecule has 0 N–H and O–H groups in total. The molecular weight excluding hydrogens is 248 g/mol. The molecule has 5 heteroatoms. The molecule has 19 heavy (non-hydrogen) atoms. The fraction of sp³-hybridized carbons (Fsp3) is 0.500. The van der Waals surface area contributed by atoms with E-state index in [0.29, 0.717) is 23.9 Å². The van der Waals surface area contributed by atoms with E-state index >= 15 is 0 Å². The summed E-state index contributed by atoms with van der Waals surface area (Å²) in [6, 6.07) is 3.51. The quantitative estimate of drug-likeness (QED) is 0.741. The van der Waals surface area contributed by atoms with Crippen molar-refractivity contribution < 1.29 is 23.7 Å². The van der Waals surface area contributed by atoms with E-state index in [1.54, 1.807) is 26.0 Å². The Kier molecular flexibility index (Phi) is 5.48. The summed E-state index contributed by atoms with van der Waals surface area (Å²) >= 11 is 0. The number of carbonyl (C=O) groups is 1. The molecular formula is C14H20O5. The van der Waals surface area contributed by atoms with Crippen LogP contribution in [0, 0.1) is 0 Å². The standard InChI is InChI=1S/C14H20O5/c1-6-19-14(15)9(2)10-7-11(16-3)13(18-5)12(8-10)17-4/h7-9H,6H2,1-5H3. The van der Waals surface area contributed by atoms with Crippen LogP contribution in [0.2, 0.25) is 0 Å². The monoisotopic (exact) mass is 268 g/mol. The molecule has 1 aromatic rings. The minimum absolute atomic E-state index is 0.281. The van der Waals surface area contributed by atoms with Crippen molar-refractivity contribution in [2.45, 2.75) is 19.8 Å². The summed E-state index contributed by atoms with van der Waals surface area (Å²) < 4.78 is 20.7. The second kappa shape index (κ2) is 6.87. The minimum atomic E-state index is -0.395. The Bertz CT molecular complexity index is 416. The zero-order valence-corrected chi connectivity index (χ0v) is 12.0. The van der Waals surface area contributed by atoms with Gasteiger partial charge in [0.15, 0.2) is 11.5 Å². The lowest BCUT2D eigenvalue weighted by Crippen LogP contribution is -2.13. The van der Waals surface area contributed by atoms with Gasteiger partial charge in [0.1, 0.15) is 0 Å². The molecule has 1 atom stereocenters. The molecule has 0 saturated heterocycles. The van der Waals surface area contributed by atoms with Crippen LogP contribution in [0.25, 0.3) is 0 Å². The zero-order valence-electron chi connectivity index (χ0n) is 12.0. The molecule has 0 radical (unpaired) electrons. The molecule has 0 aromatic heterocycles. The molecule has 0 spiro atoms. The minimum Gasteiger partial charge on any atom is -0.493 e. The Morgan fingerprint density at radius 2 is 1.63 bits per heavy atom. The molecule has 1 rings (SSSR count). The molecule has 106 valence electrons. The van der Waals surface area contributed by atoms with E-state index in [1.807, 2.05) is 0 Å². The highest BCUT2D eigenvalue weighted by Gasteiger charge is 2.21. The Hall–Kier alpha value is -1.91. The van der Waals surface area contributed by atoms with Gasteiger partial charge in [0.2, 0.25) is 5.75 Å². The zero-order chi connectivity index (χ0) is 14.4.